The highest BCUT2D eigenvalue weighted by Crippen LogP contribution is 2.20. The molecule has 0 bridgehead atoms. The van der Waals surface area contributed by atoms with Crippen LogP contribution in [0.3, 0.4) is 0 Å². The van der Waals surface area contributed by atoms with Crippen LogP contribution in [0.5, 0.6) is 0 Å². The van der Waals surface area contributed by atoms with Gasteiger partial charge in [0.25, 0.3) is 0 Å². The molecule has 0 saturated carbocycles. The highest BCUT2D eigenvalue weighted by Gasteiger charge is 2.25. The monoisotopic (exact) mass is 426 g/mol. The van der Waals surface area contributed by atoms with Gasteiger partial charge < -0.3 is 10.1 Å². The first-order chi connectivity index (χ1) is 13.8. The lowest BCUT2D eigenvalue weighted by atomic mass is 10.2. The molecule has 2 aromatic carbocycles. The lowest BCUT2D eigenvalue weighted by molar-refractivity contribution is -0.111. The number of carbonyl (C=O) groups is 1. The standard InChI is InChI=1S/C19H17F3N2O4S/c20-15-11-17(22)18(12-16(15)21)23-19(25)6-3-13-1-4-14(5-2-13)29(26,27)24-7-9-28-10-8-24/h1-6,11-12H,7-10H2,(H,23,25). The summed E-state index contributed by atoms with van der Waals surface area (Å²) >= 11 is 0. The predicted molar refractivity (Wildman–Crippen MR) is 100.0 cm³/mol. The summed E-state index contributed by atoms with van der Waals surface area (Å²) in [6.07, 6.45) is 2.43. The second kappa shape index (κ2) is 8.76. The van der Waals surface area contributed by atoms with E-state index in [1.807, 2.05) is 0 Å². The van der Waals surface area contributed by atoms with Gasteiger partial charge in [-0.05, 0) is 23.8 Å². The van der Waals surface area contributed by atoms with E-state index >= 15 is 0 Å². The molecule has 0 aromatic heterocycles. The Morgan fingerprint density at radius 3 is 2.28 bits per heavy atom. The second-order valence-electron chi connectivity index (χ2n) is 6.15. The summed E-state index contributed by atoms with van der Waals surface area (Å²) < 4.78 is 71.2. The zero-order valence-corrected chi connectivity index (χ0v) is 15.9. The third kappa shape index (κ3) is 5.03. The number of halogens is 3. The number of morpholine rings is 1. The number of nitrogens with one attached hydrogen (secondary N) is 1. The Morgan fingerprint density at radius 2 is 1.62 bits per heavy atom. The van der Waals surface area contributed by atoms with E-state index in [1.54, 1.807) is 0 Å². The van der Waals surface area contributed by atoms with Gasteiger partial charge in [0, 0.05) is 31.3 Å². The van der Waals surface area contributed by atoms with Crippen molar-refractivity contribution in [2.24, 2.45) is 0 Å². The van der Waals surface area contributed by atoms with Gasteiger partial charge in [-0.15, -0.1) is 0 Å². The van der Waals surface area contributed by atoms with Crippen molar-refractivity contribution in [3.05, 3.63) is 65.5 Å². The molecule has 6 nitrogen and oxygen atoms in total. The summed E-state index contributed by atoms with van der Waals surface area (Å²) in [7, 11) is -3.62. The Morgan fingerprint density at radius 1 is 1.00 bits per heavy atom. The average molecular weight is 426 g/mol. The van der Waals surface area contributed by atoms with Gasteiger partial charge >= 0.3 is 0 Å². The van der Waals surface area contributed by atoms with Gasteiger partial charge in [0.1, 0.15) is 5.82 Å². The quantitative estimate of drug-likeness (QED) is 0.589. The molecule has 0 radical (unpaired) electrons. The van der Waals surface area contributed by atoms with E-state index in [9.17, 15) is 26.4 Å². The molecule has 0 unspecified atom stereocenters. The number of sulfonamides is 1. The van der Waals surface area contributed by atoms with E-state index < -0.39 is 39.1 Å². The number of carbonyl (C=O) groups excluding carboxylic acids is 1. The maximum Gasteiger partial charge on any atom is 0.248 e. The van der Waals surface area contributed by atoms with Crippen LogP contribution in [0.4, 0.5) is 18.9 Å². The minimum atomic E-state index is -3.62. The Kier molecular flexibility index (Phi) is 6.36. The molecule has 0 spiro atoms. The molecule has 1 aliphatic heterocycles. The van der Waals surface area contributed by atoms with E-state index in [0.717, 1.165) is 6.08 Å². The Labute approximate surface area is 165 Å². The summed E-state index contributed by atoms with van der Waals surface area (Å²) in [5, 5.41) is 2.11. The number of hydrogen-bond acceptors (Lipinski definition) is 4. The molecule has 0 atom stereocenters. The van der Waals surface area contributed by atoms with Gasteiger partial charge in [-0.25, -0.2) is 21.6 Å². The van der Waals surface area contributed by atoms with Crippen molar-refractivity contribution in [3.63, 3.8) is 0 Å². The van der Waals surface area contributed by atoms with E-state index in [0.29, 0.717) is 30.9 Å². The Balaban J connectivity index is 1.67. The molecule has 1 aliphatic rings. The Hall–Kier alpha value is -2.69. The molecule has 1 heterocycles. The van der Waals surface area contributed by atoms with E-state index in [2.05, 4.69) is 5.32 Å². The van der Waals surface area contributed by atoms with Gasteiger partial charge in [-0.3, -0.25) is 4.79 Å². The third-order valence-corrected chi connectivity index (χ3v) is 6.10. The summed E-state index contributed by atoms with van der Waals surface area (Å²) in [6.45, 7) is 1.25. The van der Waals surface area contributed by atoms with Crippen LogP contribution in [0.2, 0.25) is 0 Å². The van der Waals surface area contributed by atoms with Crippen LogP contribution in [0.1, 0.15) is 5.56 Å². The number of ether oxygens (including phenoxy) is 1. The van der Waals surface area contributed by atoms with Gasteiger partial charge in [-0.2, -0.15) is 4.31 Å². The fourth-order valence-electron chi connectivity index (χ4n) is 2.65. The minimum absolute atomic E-state index is 0.116. The van der Waals surface area contributed by atoms with Crippen LogP contribution < -0.4 is 5.32 Å². The first-order valence-corrected chi connectivity index (χ1v) is 10.0. The molecular formula is C19H17F3N2O4S. The van der Waals surface area contributed by atoms with Crippen molar-refractivity contribution in [1.82, 2.24) is 4.31 Å². The molecule has 1 amide bonds. The number of amides is 1. The molecular weight excluding hydrogens is 409 g/mol. The molecule has 1 N–H and O–H groups in total. The molecule has 29 heavy (non-hydrogen) atoms. The summed E-state index contributed by atoms with van der Waals surface area (Å²) in [5.74, 6) is -4.52. The number of rotatable bonds is 5. The highest BCUT2D eigenvalue weighted by molar-refractivity contribution is 7.89. The van der Waals surface area contributed by atoms with Crippen LogP contribution >= 0.6 is 0 Å². The van der Waals surface area contributed by atoms with Crippen LogP contribution in [0, 0.1) is 17.5 Å². The number of anilines is 1. The molecule has 1 fully saturated rings. The topological polar surface area (TPSA) is 75.7 Å². The molecule has 10 heteroatoms. The molecule has 3 rings (SSSR count). The van der Waals surface area contributed by atoms with Crippen LogP contribution in [-0.4, -0.2) is 44.9 Å². The van der Waals surface area contributed by atoms with E-state index in [4.69, 9.17) is 4.74 Å². The number of nitrogens with zero attached hydrogens (tertiary/aromatic N) is 1. The van der Waals surface area contributed by atoms with Crippen molar-refractivity contribution >= 4 is 27.7 Å². The summed E-state index contributed by atoms with van der Waals surface area (Å²) in [4.78, 5) is 12.0. The third-order valence-electron chi connectivity index (χ3n) is 4.18. The molecule has 1 saturated heterocycles. The van der Waals surface area contributed by atoms with Gasteiger partial charge in [-0.1, -0.05) is 12.1 Å². The SMILES string of the molecule is O=C(C=Cc1ccc(S(=O)(=O)N2CCOCC2)cc1)Nc1cc(F)c(F)cc1F. The Bertz CT molecular complexity index is 1030. The normalized spacial score (nSPS) is 15.6. The predicted octanol–water partition coefficient (Wildman–Crippen LogP) is 2.78. The zero-order chi connectivity index (χ0) is 21.0. The fraction of sp³-hybridized carbons (Fsp3) is 0.211. The van der Waals surface area contributed by atoms with Crippen LogP contribution in [-0.2, 0) is 19.6 Å². The minimum Gasteiger partial charge on any atom is -0.379 e. The van der Waals surface area contributed by atoms with E-state index in [-0.39, 0.29) is 18.0 Å². The van der Waals surface area contributed by atoms with Crippen molar-refractivity contribution in [1.29, 1.82) is 0 Å². The highest BCUT2D eigenvalue weighted by atomic mass is 32.2. The second-order valence-corrected chi connectivity index (χ2v) is 8.09. The van der Waals surface area contributed by atoms with E-state index in [1.165, 1.54) is 34.6 Å². The first-order valence-electron chi connectivity index (χ1n) is 8.59. The lowest BCUT2D eigenvalue weighted by Crippen LogP contribution is -2.40. The number of benzene rings is 2. The van der Waals surface area contributed by atoms with Crippen molar-refractivity contribution < 1.29 is 31.1 Å². The van der Waals surface area contributed by atoms with Gasteiger partial charge in [0.2, 0.25) is 15.9 Å². The average Bonchev–Trinajstić information content (AvgIpc) is 2.71. The van der Waals surface area contributed by atoms with Crippen LogP contribution in [0.25, 0.3) is 6.08 Å². The van der Waals surface area contributed by atoms with Crippen LogP contribution in [0.15, 0.2) is 47.4 Å². The zero-order valence-electron chi connectivity index (χ0n) is 15.1. The lowest BCUT2D eigenvalue weighted by Gasteiger charge is -2.26. The van der Waals surface area contributed by atoms with Gasteiger partial charge in [0.05, 0.1) is 23.8 Å². The molecule has 154 valence electrons. The van der Waals surface area contributed by atoms with Crippen molar-refractivity contribution in [2.75, 3.05) is 31.6 Å². The number of hydrogen-bond donors (Lipinski definition) is 1. The van der Waals surface area contributed by atoms with Crippen molar-refractivity contribution in [2.45, 2.75) is 4.90 Å². The van der Waals surface area contributed by atoms with Crippen molar-refractivity contribution in [3.8, 4) is 0 Å². The maximum absolute atomic E-state index is 13.5. The molecule has 0 aliphatic carbocycles. The summed E-state index contributed by atoms with van der Waals surface area (Å²) in [5.41, 5.74) is 0.0253. The first kappa shape index (κ1) is 21.0. The van der Waals surface area contributed by atoms with Gasteiger partial charge in [0.15, 0.2) is 11.6 Å². The molecule has 2 aromatic rings. The largest absolute Gasteiger partial charge is 0.379 e. The smallest absolute Gasteiger partial charge is 0.248 e. The fourth-order valence-corrected chi connectivity index (χ4v) is 4.06. The maximum atomic E-state index is 13.5. The summed E-state index contributed by atoms with van der Waals surface area (Å²) in [6, 6.07) is 6.73.